The van der Waals surface area contributed by atoms with Gasteiger partial charge in [0.05, 0.1) is 6.42 Å². The van der Waals surface area contributed by atoms with Gasteiger partial charge in [0.15, 0.2) is 0 Å². The van der Waals surface area contributed by atoms with E-state index in [0.717, 1.165) is 0 Å². The molecule has 0 aliphatic rings. The van der Waals surface area contributed by atoms with Crippen molar-refractivity contribution in [2.24, 2.45) is 11.7 Å². The number of carbonyl (C=O) groups excluding carboxylic acids is 2. The summed E-state index contributed by atoms with van der Waals surface area (Å²) in [5.41, 5.74) is 4.91. The van der Waals surface area contributed by atoms with Crippen LogP contribution in [0.15, 0.2) is 25.3 Å². The van der Waals surface area contributed by atoms with E-state index in [2.05, 4.69) is 13.2 Å². The summed E-state index contributed by atoms with van der Waals surface area (Å²) < 4.78 is 0. The number of rotatable bonds is 7. The summed E-state index contributed by atoms with van der Waals surface area (Å²) in [5.74, 6) is -0.905. The molecule has 0 bridgehead atoms. The number of primary amides is 1. The molecule has 0 aliphatic carbocycles. The largest absolute Gasteiger partial charge is 0.369 e. The molecule has 0 aliphatic heterocycles. The molecule has 0 unspecified atom stereocenters. The van der Waals surface area contributed by atoms with Gasteiger partial charge in [0.1, 0.15) is 5.78 Å². The lowest BCUT2D eigenvalue weighted by molar-refractivity contribution is -0.128. The Bertz CT molecular complexity index is 211. The second-order valence-corrected chi connectivity index (χ2v) is 2.86. The molecule has 0 aromatic heterocycles. The molecule has 0 fully saturated rings. The summed E-state index contributed by atoms with van der Waals surface area (Å²) >= 11 is 0. The van der Waals surface area contributed by atoms with Crippen molar-refractivity contribution in [3.8, 4) is 0 Å². The topological polar surface area (TPSA) is 60.2 Å². The highest BCUT2D eigenvalue weighted by Gasteiger charge is 2.16. The summed E-state index contributed by atoms with van der Waals surface area (Å²) in [7, 11) is 0. The predicted molar refractivity (Wildman–Crippen MR) is 51.9 cm³/mol. The Kier molecular flexibility index (Phi) is 5.52. The van der Waals surface area contributed by atoms with Crippen LogP contribution >= 0.6 is 0 Å². The molecule has 3 nitrogen and oxygen atoms in total. The molecule has 72 valence electrons. The fraction of sp³-hybridized carbons (Fsp3) is 0.400. The van der Waals surface area contributed by atoms with Crippen molar-refractivity contribution in [2.75, 3.05) is 0 Å². The van der Waals surface area contributed by atoms with Crippen LogP contribution in [0.1, 0.15) is 19.3 Å². The van der Waals surface area contributed by atoms with Crippen molar-refractivity contribution < 1.29 is 9.59 Å². The van der Waals surface area contributed by atoms with Crippen LogP contribution in [-0.4, -0.2) is 11.7 Å². The van der Waals surface area contributed by atoms with Gasteiger partial charge in [-0.05, 0) is 12.8 Å². The number of carbonyl (C=O) groups is 2. The smallest absolute Gasteiger partial charge is 0.224 e. The molecule has 0 atom stereocenters. The van der Waals surface area contributed by atoms with Crippen LogP contribution in [-0.2, 0) is 9.59 Å². The number of allylic oxidation sites excluding steroid dienone is 2. The summed E-state index contributed by atoms with van der Waals surface area (Å²) in [6, 6.07) is 0. The van der Waals surface area contributed by atoms with Gasteiger partial charge in [-0.2, -0.15) is 0 Å². The third-order valence-corrected chi connectivity index (χ3v) is 1.71. The minimum Gasteiger partial charge on any atom is -0.369 e. The molecule has 0 aromatic carbocycles. The van der Waals surface area contributed by atoms with E-state index in [9.17, 15) is 9.59 Å². The first-order chi connectivity index (χ1) is 6.11. The van der Waals surface area contributed by atoms with Crippen LogP contribution in [0.5, 0.6) is 0 Å². The van der Waals surface area contributed by atoms with E-state index in [0.29, 0.717) is 12.8 Å². The molecule has 0 saturated heterocycles. The van der Waals surface area contributed by atoms with Gasteiger partial charge >= 0.3 is 0 Å². The van der Waals surface area contributed by atoms with E-state index in [1.54, 1.807) is 12.2 Å². The van der Waals surface area contributed by atoms with Crippen LogP contribution in [0.4, 0.5) is 0 Å². The van der Waals surface area contributed by atoms with Crippen molar-refractivity contribution >= 4 is 11.7 Å². The monoisotopic (exact) mass is 181 g/mol. The third-order valence-electron chi connectivity index (χ3n) is 1.71. The van der Waals surface area contributed by atoms with Crippen molar-refractivity contribution in [2.45, 2.75) is 19.3 Å². The lowest BCUT2D eigenvalue weighted by atomic mass is 9.94. The van der Waals surface area contributed by atoms with Gasteiger partial charge in [-0.25, -0.2) is 0 Å². The zero-order chi connectivity index (χ0) is 10.3. The number of amides is 1. The van der Waals surface area contributed by atoms with Gasteiger partial charge in [0.2, 0.25) is 5.91 Å². The number of Topliss-reactive ketones (excluding diaryl/α,β-unsaturated/α-hetero) is 1. The molecule has 0 rings (SSSR count). The fourth-order valence-corrected chi connectivity index (χ4v) is 1.08. The third kappa shape index (κ3) is 4.95. The molecular weight excluding hydrogens is 166 g/mol. The van der Waals surface area contributed by atoms with E-state index in [1.165, 1.54) is 0 Å². The number of hydrogen-bond acceptors (Lipinski definition) is 2. The number of hydrogen-bond donors (Lipinski definition) is 1. The van der Waals surface area contributed by atoms with Crippen molar-refractivity contribution in [1.82, 2.24) is 0 Å². The van der Waals surface area contributed by atoms with Crippen LogP contribution in [0.25, 0.3) is 0 Å². The SMILES string of the molecule is C=CCC(CC=C)C(=O)CC(N)=O. The molecule has 13 heavy (non-hydrogen) atoms. The van der Waals surface area contributed by atoms with Crippen LogP contribution < -0.4 is 5.73 Å². The minimum atomic E-state index is -0.580. The molecule has 3 heteroatoms. The molecular formula is C10H15NO2. The Hall–Kier alpha value is -1.38. The van der Waals surface area contributed by atoms with Crippen molar-refractivity contribution in [3.63, 3.8) is 0 Å². The zero-order valence-electron chi connectivity index (χ0n) is 7.66. The Morgan fingerprint density at radius 1 is 1.23 bits per heavy atom. The maximum absolute atomic E-state index is 11.3. The summed E-state index contributed by atoms with van der Waals surface area (Å²) in [5, 5.41) is 0. The second-order valence-electron chi connectivity index (χ2n) is 2.86. The first-order valence-corrected chi connectivity index (χ1v) is 4.14. The highest BCUT2D eigenvalue weighted by Crippen LogP contribution is 2.12. The summed E-state index contributed by atoms with van der Waals surface area (Å²) in [6.07, 6.45) is 4.27. The Balaban J connectivity index is 4.17. The van der Waals surface area contributed by atoms with E-state index in [-0.39, 0.29) is 18.1 Å². The van der Waals surface area contributed by atoms with E-state index in [4.69, 9.17) is 5.73 Å². The van der Waals surface area contributed by atoms with Gasteiger partial charge < -0.3 is 5.73 Å². The molecule has 0 heterocycles. The van der Waals surface area contributed by atoms with Crippen LogP contribution in [0.3, 0.4) is 0 Å². The maximum atomic E-state index is 11.3. The average molecular weight is 181 g/mol. The lowest BCUT2D eigenvalue weighted by Crippen LogP contribution is -2.21. The standard InChI is InChI=1S/C10H15NO2/c1-3-5-8(6-4-2)9(12)7-10(11)13/h3-4,8H,1-2,5-7H2,(H2,11,13). The lowest BCUT2D eigenvalue weighted by Gasteiger charge is -2.09. The molecule has 0 aromatic rings. The quantitative estimate of drug-likeness (QED) is 0.474. The fourth-order valence-electron chi connectivity index (χ4n) is 1.08. The summed E-state index contributed by atoms with van der Waals surface area (Å²) in [6.45, 7) is 7.08. The zero-order valence-corrected chi connectivity index (χ0v) is 7.66. The Labute approximate surface area is 78.3 Å². The van der Waals surface area contributed by atoms with Gasteiger partial charge in [0, 0.05) is 5.92 Å². The predicted octanol–water partition coefficient (Wildman–Crippen LogP) is 1.20. The van der Waals surface area contributed by atoms with Gasteiger partial charge in [-0.1, -0.05) is 12.2 Å². The molecule has 0 radical (unpaired) electrons. The number of ketones is 1. The molecule has 2 N–H and O–H groups in total. The van der Waals surface area contributed by atoms with E-state index < -0.39 is 5.91 Å². The Morgan fingerprint density at radius 3 is 2.00 bits per heavy atom. The highest BCUT2D eigenvalue weighted by molar-refractivity contribution is 5.98. The van der Waals surface area contributed by atoms with Gasteiger partial charge in [-0.15, -0.1) is 13.2 Å². The first-order valence-electron chi connectivity index (χ1n) is 4.14. The molecule has 0 saturated carbocycles. The van der Waals surface area contributed by atoms with E-state index >= 15 is 0 Å². The molecule has 0 spiro atoms. The second kappa shape index (κ2) is 6.17. The minimum absolute atomic E-state index is 0.132. The van der Waals surface area contributed by atoms with Gasteiger partial charge in [0.25, 0.3) is 0 Å². The average Bonchev–Trinajstić information content (AvgIpc) is 2.02. The van der Waals surface area contributed by atoms with Crippen LogP contribution in [0.2, 0.25) is 0 Å². The summed E-state index contributed by atoms with van der Waals surface area (Å²) in [4.78, 5) is 21.8. The van der Waals surface area contributed by atoms with Crippen molar-refractivity contribution in [1.29, 1.82) is 0 Å². The number of nitrogens with two attached hydrogens (primary N) is 1. The highest BCUT2D eigenvalue weighted by atomic mass is 16.2. The Morgan fingerprint density at radius 2 is 1.69 bits per heavy atom. The maximum Gasteiger partial charge on any atom is 0.224 e. The first kappa shape index (κ1) is 11.6. The van der Waals surface area contributed by atoms with Crippen molar-refractivity contribution in [3.05, 3.63) is 25.3 Å². The van der Waals surface area contributed by atoms with Gasteiger partial charge in [-0.3, -0.25) is 9.59 Å². The molecule has 1 amide bonds. The van der Waals surface area contributed by atoms with Crippen LogP contribution in [0, 0.1) is 5.92 Å². The normalized spacial score (nSPS) is 9.62. The van der Waals surface area contributed by atoms with E-state index in [1.807, 2.05) is 0 Å².